The predicted octanol–water partition coefficient (Wildman–Crippen LogP) is 4.77. The highest BCUT2D eigenvalue weighted by Crippen LogP contribution is 2.55. The molecule has 0 fully saturated rings. The van der Waals surface area contributed by atoms with Crippen LogP contribution in [0.2, 0.25) is 0 Å². The van der Waals surface area contributed by atoms with Gasteiger partial charge in [-0.1, -0.05) is 86.2 Å². The van der Waals surface area contributed by atoms with Gasteiger partial charge in [0.05, 0.1) is 0 Å². The summed E-state index contributed by atoms with van der Waals surface area (Å²) in [6, 6.07) is 19.2. The van der Waals surface area contributed by atoms with E-state index in [0.29, 0.717) is 0 Å². The molecule has 3 rings (SSSR count). The summed E-state index contributed by atoms with van der Waals surface area (Å²) in [5.74, 6) is 0.920. The normalized spacial score (nSPS) is 16.1. The highest BCUT2D eigenvalue weighted by molar-refractivity contribution is 7.75. The summed E-state index contributed by atoms with van der Waals surface area (Å²) < 4.78 is 11.1. The molecule has 2 aromatic rings. The van der Waals surface area contributed by atoms with Crippen LogP contribution in [0.4, 0.5) is 0 Å². The van der Waals surface area contributed by atoms with E-state index < -0.39 is 7.92 Å². The molecule has 0 radical (unpaired) electrons. The van der Waals surface area contributed by atoms with Gasteiger partial charge in [0.2, 0.25) is 0 Å². The smallest absolute Gasteiger partial charge is 0.188 e. The second-order valence-corrected chi connectivity index (χ2v) is 8.65. The van der Waals surface area contributed by atoms with Crippen LogP contribution in [-0.4, -0.2) is 19.1 Å². The van der Waals surface area contributed by atoms with Crippen LogP contribution in [0.25, 0.3) is 0 Å². The van der Waals surface area contributed by atoms with Crippen LogP contribution in [0.15, 0.2) is 78.9 Å². The fourth-order valence-electron chi connectivity index (χ4n) is 3.40. The molecule has 0 aliphatic heterocycles. The Hall–Kier alpha value is -1.89. The Morgan fingerprint density at radius 2 is 1.60 bits per heavy atom. The lowest BCUT2D eigenvalue weighted by Crippen LogP contribution is -2.31. The van der Waals surface area contributed by atoms with Gasteiger partial charge < -0.3 is 9.47 Å². The summed E-state index contributed by atoms with van der Waals surface area (Å²) in [6.45, 7) is 2.52. The number of methoxy groups -OCH3 is 1. The molecule has 0 saturated carbocycles. The molecule has 0 aromatic heterocycles. The van der Waals surface area contributed by atoms with E-state index in [1.165, 1.54) is 10.6 Å². The summed E-state index contributed by atoms with van der Waals surface area (Å²) in [6.07, 6.45) is 11.4. The van der Waals surface area contributed by atoms with Crippen LogP contribution < -0.4 is 15.3 Å². The van der Waals surface area contributed by atoms with Crippen LogP contribution in [0.5, 0.6) is 5.75 Å². The zero-order valence-electron chi connectivity index (χ0n) is 14.9. The maximum Gasteiger partial charge on any atom is 0.188 e. The second-order valence-electron chi connectivity index (χ2n) is 6.15. The first-order valence-electron chi connectivity index (χ1n) is 8.74. The highest BCUT2D eigenvalue weighted by Gasteiger charge is 2.38. The Morgan fingerprint density at radius 3 is 2.28 bits per heavy atom. The quantitative estimate of drug-likeness (QED) is 0.503. The molecule has 0 bridgehead atoms. The van der Waals surface area contributed by atoms with Crippen LogP contribution >= 0.6 is 7.92 Å². The summed E-state index contributed by atoms with van der Waals surface area (Å²) >= 11 is 0. The zero-order valence-corrected chi connectivity index (χ0v) is 15.8. The van der Waals surface area contributed by atoms with Crippen molar-refractivity contribution in [2.45, 2.75) is 24.9 Å². The molecule has 3 heteroatoms. The molecule has 0 heterocycles. The molecule has 1 unspecified atom stereocenters. The topological polar surface area (TPSA) is 18.5 Å². The number of rotatable bonds is 8. The Morgan fingerprint density at radius 1 is 0.920 bits per heavy atom. The number of hydrogen-bond acceptors (Lipinski definition) is 2. The molecular formula is C22H25O2P. The summed E-state index contributed by atoms with van der Waals surface area (Å²) in [4.78, 5) is 0. The van der Waals surface area contributed by atoms with Gasteiger partial charge in [0, 0.05) is 17.6 Å². The molecule has 2 nitrogen and oxygen atoms in total. The number of ether oxygens (including phenoxy) is 2. The van der Waals surface area contributed by atoms with Gasteiger partial charge in [-0.15, -0.1) is 0 Å². The SMILES string of the molecule is CCCC1(P(c2ccccc2)c2ccccc2OCOC)C=CC=C1. The van der Waals surface area contributed by atoms with E-state index in [-0.39, 0.29) is 11.9 Å². The first kappa shape index (κ1) is 17.9. The monoisotopic (exact) mass is 352 g/mol. The third kappa shape index (κ3) is 3.86. The molecule has 1 aliphatic carbocycles. The zero-order chi connectivity index (χ0) is 17.5. The Labute approximate surface area is 151 Å². The summed E-state index contributed by atoms with van der Waals surface area (Å²) in [5.41, 5.74) is 0. The first-order chi connectivity index (χ1) is 12.3. The minimum atomic E-state index is -0.634. The van der Waals surface area contributed by atoms with E-state index in [4.69, 9.17) is 9.47 Å². The summed E-state index contributed by atoms with van der Waals surface area (Å²) in [7, 11) is 1.02. The summed E-state index contributed by atoms with van der Waals surface area (Å²) in [5, 5.41) is 2.68. The van der Waals surface area contributed by atoms with Gasteiger partial charge in [0.15, 0.2) is 6.79 Å². The third-order valence-corrected chi connectivity index (χ3v) is 7.42. The lowest BCUT2D eigenvalue weighted by Gasteiger charge is -2.36. The predicted molar refractivity (Wildman–Crippen MR) is 107 cm³/mol. The van der Waals surface area contributed by atoms with E-state index in [2.05, 4.69) is 79.8 Å². The molecular weight excluding hydrogens is 327 g/mol. The molecule has 0 spiro atoms. The minimum absolute atomic E-state index is 0.0397. The van der Waals surface area contributed by atoms with Crippen molar-refractivity contribution in [2.75, 3.05) is 13.9 Å². The fraction of sp³-hybridized carbons (Fsp3) is 0.273. The first-order valence-corrected chi connectivity index (χ1v) is 10.1. The van der Waals surface area contributed by atoms with E-state index in [9.17, 15) is 0 Å². The van der Waals surface area contributed by atoms with Crippen LogP contribution in [0.3, 0.4) is 0 Å². The molecule has 0 saturated heterocycles. The van der Waals surface area contributed by atoms with E-state index in [0.717, 1.165) is 18.6 Å². The number of hydrogen-bond donors (Lipinski definition) is 0. The molecule has 1 aliphatic rings. The van der Waals surface area contributed by atoms with Crippen molar-refractivity contribution in [3.63, 3.8) is 0 Å². The van der Waals surface area contributed by atoms with Crippen LogP contribution in [-0.2, 0) is 4.74 Å². The van der Waals surface area contributed by atoms with E-state index in [1.54, 1.807) is 7.11 Å². The maximum absolute atomic E-state index is 5.92. The number of para-hydroxylation sites is 1. The molecule has 0 amide bonds. The molecule has 25 heavy (non-hydrogen) atoms. The van der Waals surface area contributed by atoms with Crippen LogP contribution in [0.1, 0.15) is 19.8 Å². The average molecular weight is 352 g/mol. The average Bonchev–Trinajstić information content (AvgIpc) is 3.11. The van der Waals surface area contributed by atoms with Crippen molar-refractivity contribution in [1.29, 1.82) is 0 Å². The number of allylic oxidation sites excluding steroid dienone is 4. The van der Waals surface area contributed by atoms with Gasteiger partial charge in [-0.05, 0) is 25.7 Å². The van der Waals surface area contributed by atoms with Gasteiger partial charge in [0.1, 0.15) is 5.75 Å². The lowest BCUT2D eigenvalue weighted by molar-refractivity contribution is 0.0519. The lowest BCUT2D eigenvalue weighted by atomic mass is 10.1. The Balaban J connectivity index is 2.13. The number of benzene rings is 2. The minimum Gasteiger partial charge on any atom is -0.467 e. The highest BCUT2D eigenvalue weighted by atomic mass is 31.1. The molecule has 130 valence electrons. The largest absolute Gasteiger partial charge is 0.467 e. The van der Waals surface area contributed by atoms with Crippen molar-refractivity contribution in [1.82, 2.24) is 0 Å². The van der Waals surface area contributed by atoms with E-state index in [1.807, 2.05) is 6.07 Å². The Bertz CT molecular complexity index is 725. The Kier molecular flexibility index (Phi) is 6.07. The molecule has 1 atom stereocenters. The van der Waals surface area contributed by atoms with E-state index >= 15 is 0 Å². The standard InChI is InChI=1S/C22H25O2P/c1-3-15-22(16-9-10-17-22)25(19-11-5-4-6-12-19)21-14-8-7-13-20(21)24-18-23-2/h4-14,16-17H,3,15,18H2,1-2H3. The van der Waals surface area contributed by atoms with Crippen molar-refractivity contribution in [2.24, 2.45) is 0 Å². The van der Waals surface area contributed by atoms with Crippen molar-refractivity contribution >= 4 is 18.5 Å². The van der Waals surface area contributed by atoms with Gasteiger partial charge in [-0.25, -0.2) is 0 Å². The van der Waals surface area contributed by atoms with Gasteiger partial charge in [-0.2, -0.15) is 0 Å². The fourth-order valence-corrected chi connectivity index (χ4v) is 6.58. The third-order valence-electron chi connectivity index (χ3n) is 4.40. The van der Waals surface area contributed by atoms with Gasteiger partial charge in [0.25, 0.3) is 0 Å². The van der Waals surface area contributed by atoms with Gasteiger partial charge >= 0.3 is 0 Å². The van der Waals surface area contributed by atoms with Crippen molar-refractivity contribution < 1.29 is 9.47 Å². The van der Waals surface area contributed by atoms with Gasteiger partial charge in [-0.3, -0.25) is 0 Å². The van der Waals surface area contributed by atoms with Crippen LogP contribution in [0, 0.1) is 0 Å². The molecule has 0 N–H and O–H groups in total. The van der Waals surface area contributed by atoms with Crippen molar-refractivity contribution in [3.05, 3.63) is 78.9 Å². The van der Waals surface area contributed by atoms with Crippen molar-refractivity contribution in [3.8, 4) is 5.75 Å². The second kappa shape index (κ2) is 8.47. The maximum atomic E-state index is 5.92. The molecule has 2 aromatic carbocycles.